The van der Waals surface area contributed by atoms with E-state index in [0.29, 0.717) is 6.42 Å². The highest BCUT2D eigenvalue weighted by Crippen LogP contribution is 2.08. The van der Waals surface area contributed by atoms with Crippen molar-refractivity contribution in [3.8, 4) is 0 Å². The van der Waals surface area contributed by atoms with Crippen LogP contribution in [0.1, 0.15) is 46.1 Å². The molecule has 4 unspecified atom stereocenters. The monoisotopic (exact) mass is 491 g/mol. The Hall–Kier alpha value is -3.47. The van der Waals surface area contributed by atoms with Crippen molar-refractivity contribution in [3.63, 3.8) is 0 Å². The molecule has 194 valence electrons. The van der Waals surface area contributed by atoms with E-state index >= 15 is 0 Å². The number of carbonyl (C=O) groups is 5. The summed E-state index contributed by atoms with van der Waals surface area (Å²) < 4.78 is 0. The molecule has 0 fully saturated rings. The normalized spacial score (nSPS) is 14.5. The third kappa shape index (κ3) is 10.6. The lowest BCUT2D eigenvalue weighted by Crippen LogP contribution is -2.58. The maximum absolute atomic E-state index is 13.2. The summed E-state index contributed by atoms with van der Waals surface area (Å²) in [5.74, 6) is -4.57. The number of carbonyl (C=O) groups excluding carboxylic acids is 4. The average molecular weight is 492 g/mol. The highest BCUT2D eigenvalue weighted by Gasteiger charge is 2.32. The van der Waals surface area contributed by atoms with Crippen molar-refractivity contribution in [2.75, 3.05) is 0 Å². The average Bonchev–Trinajstić information content (AvgIpc) is 2.75. The second-order valence-corrected chi connectivity index (χ2v) is 9.29. The Labute approximate surface area is 205 Å². The van der Waals surface area contributed by atoms with Gasteiger partial charge >= 0.3 is 5.97 Å². The van der Waals surface area contributed by atoms with E-state index in [2.05, 4.69) is 16.0 Å². The number of carboxylic acid groups (broad SMARTS) is 1. The van der Waals surface area contributed by atoms with Crippen molar-refractivity contribution in [1.82, 2.24) is 16.0 Å². The van der Waals surface area contributed by atoms with Crippen LogP contribution in [0.25, 0.3) is 0 Å². The van der Waals surface area contributed by atoms with E-state index in [1.165, 1.54) is 0 Å². The van der Waals surface area contributed by atoms with E-state index in [1.807, 2.05) is 13.8 Å². The van der Waals surface area contributed by atoms with Crippen molar-refractivity contribution in [2.24, 2.45) is 23.3 Å². The number of carboxylic acids is 1. The smallest absolute Gasteiger partial charge is 0.326 e. The van der Waals surface area contributed by atoms with Crippen LogP contribution in [0.15, 0.2) is 30.3 Å². The van der Waals surface area contributed by atoms with Gasteiger partial charge < -0.3 is 32.5 Å². The minimum absolute atomic E-state index is 0.0987. The number of amides is 4. The molecular weight excluding hydrogens is 454 g/mol. The number of hydrogen-bond donors (Lipinski definition) is 6. The Balaban J connectivity index is 3.11. The molecule has 0 aromatic heterocycles. The first-order valence-electron chi connectivity index (χ1n) is 11.5. The topological polar surface area (TPSA) is 194 Å². The maximum atomic E-state index is 13.2. The summed E-state index contributed by atoms with van der Waals surface area (Å²) >= 11 is 0. The Bertz CT molecular complexity index is 890. The minimum atomic E-state index is -1.43. The van der Waals surface area contributed by atoms with Crippen LogP contribution in [-0.4, -0.2) is 58.9 Å². The van der Waals surface area contributed by atoms with E-state index in [-0.39, 0.29) is 12.3 Å². The third-order valence-electron chi connectivity index (χ3n) is 5.25. The van der Waals surface area contributed by atoms with E-state index in [4.69, 9.17) is 11.5 Å². The summed E-state index contributed by atoms with van der Waals surface area (Å²) in [6, 6.07) is 4.29. The lowest BCUT2D eigenvalue weighted by Gasteiger charge is -2.26. The number of benzene rings is 1. The Morgan fingerprint density at radius 1 is 0.857 bits per heavy atom. The van der Waals surface area contributed by atoms with Crippen LogP contribution in [0, 0.1) is 11.8 Å². The van der Waals surface area contributed by atoms with Crippen molar-refractivity contribution in [1.29, 1.82) is 0 Å². The Morgan fingerprint density at radius 2 is 1.40 bits per heavy atom. The van der Waals surface area contributed by atoms with Gasteiger partial charge in [-0.05, 0) is 23.8 Å². The molecule has 0 saturated carbocycles. The molecule has 0 radical (unpaired) electrons. The van der Waals surface area contributed by atoms with Gasteiger partial charge in [-0.25, -0.2) is 4.79 Å². The summed E-state index contributed by atoms with van der Waals surface area (Å²) in [6.07, 6.45) is -0.0493. The minimum Gasteiger partial charge on any atom is -0.480 e. The maximum Gasteiger partial charge on any atom is 0.326 e. The number of primary amides is 1. The Morgan fingerprint density at radius 3 is 1.89 bits per heavy atom. The van der Waals surface area contributed by atoms with Crippen molar-refractivity contribution < 1.29 is 29.1 Å². The van der Waals surface area contributed by atoms with Gasteiger partial charge in [-0.15, -0.1) is 0 Å². The lowest BCUT2D eigenvalue weighted by molar-refractivity contribution is -0.143. The first-order chi connectivity index (χ1) is 16.3. The molecular formula is C24H37N5O6. The molecule has 0 aliphatic rings. The number of rotatable bonds is 14. The number of aliphatic carboxylic acids is 1. The highest BCUT2D eigenvalue weighted by atomic mass is 16.4. The standard InChI is InChI=1S/C24H37N5O6/c1-13(2)10-16(25)21(31)27-17(11-15-8-6-5-7-9-15)22(32)28-18(12-19(26)30)23(33)29-20(14(3)4)24(34)35/h5-9,13-14,16-18,20H,10-12,25H2,1-4H3,(H2,26,30)(H,27,31)(H,28,32)(H,29,33)(H,34,35). The molecule has 4 atom stereocenters. The molecule has 4 amide bonds. The molecule has 11 nitrogen and oxygen atoms in total. The largest absolute Gasteiger partial charge is 0.480 e. The molecule has 0 bridgehead atoms. The molecule has 1 aromatic carbocycles. The third-order valence-corrected chi connectivity index (χ3v) is 5.25. The second-order valence-electron chi connectivity index (χ2n) is 9.29. The molecule has 35 heavy (non-hydrogen) atoms. The molecule has 0 heterocycles. The number of nitrogens with two attached hydrogens (primary N) is 2. The van der Waals surface area contributed by atoms with Gasteiger partial charge in [0.25, 0.3) is 0 Å². The first kappa shape index (κ1) is 29.6. The molecule has 0 aliphatic heterocycles. The molecule has 11 heteroatoms. The van der Waals surface area contributed by atoms with Gasteiger partial charge in [-0.1, -0.05) is 58.0 Å². The Kier molecular flexibility index (Phi) is 11.9. The molecule has 1 rings (SSSR count). The zero-order valence-corrected chi connectivity index (χ0v) is 20.6. The predicted octanol–water partition coefficient (Wildman–Crippen LogP) is -0.327. The van der Waals surface area contributed by atoms with Gasteiger partial charge in [-0.3, -0.25) is 19.2 Å². The number of nitrogens with one attached hydrogen (secondary N) is 3. The van der Waals surface area contributed by atoms with Gasteiger partial charge in [0.15, 0.2) is 0 Å². The molecule has 0 saturated heterocycles. The van der Waals surface area contributed by atoms with Crippen LogP contribution < -0.4 is 27.4 Å². The quantitative estimate of drug-likeness (QED) is 0.205. The van der Waals surface area contributed by atoms with Gasteiger partial charge in [0.05, 0.1) is 12.5 Å². The zero-order valence-electron chi connectivity index (χ0n) is 20.6. The predicted molar refractivity (Wildman–Crippen MR) is 130 cm³/mol. The van der Waals surface area contributed by atoms with Gasteiger partial charge in [0.1, 0.15) is 18.1 Å². The van der Waals surface area contributed by atoms with Crippen LogP contribution in [0.5, 0.6) is 0 Å². The first-order valence-corrected chi connectivity index (χ1v) is 11.5. The summed E-state index contributed by atoms with van der Waals surface area (Å²) in [5.41, 5.74) is 12.0. The van der Waals surface area contributed by atoms with Gasteiger partial charge in [0, 0.05) is 6.42 Å². The molecule has 8 N–H and O–H groups in total. The van der Waals surface area contributed by atoms with Crippen LogP contribution in [-0.2, 0) is 30.4 Å². The van der Waals surface area contributed by atoms with E-state index in [1.54, 1.807) is 44.2 Å². The van der Waals surface area contributed by atoms with Crippen molar-refractivity contribution >= 4 is 29.6 Å². The van der Waals surface area contributed by atoms with Crippen molar-refractivity contribution in [3.05, 3.63) is 35.9 Å². The van der Waals surface area contributed by atoms with Crippen LogP contribution in [0.3, 0.4) is 0 Å². The summed E-state index contributed by atoms with van der Waals surface area (Å²) in [4.78, 5) is 61.6. The van der Waals surface area contributed by atoms with Crippen LogP contribution in [0.2, 0.25) is 0 Å². The fourth-order valence-electron chi connectivity index (χ4n) is 3.40. The second kappa shape index (κ2) is 14.1. The number of hydrogen-bond acceptors (Lipinski definition) is 6. The molecule has 0 spiro atoms. The van der Waals surface area contributed by atoms with E-state index < -0.39 is 66.1 Å². The summed E-state index contributed by atoms with van der Waals surface area (Å²) in [6.45, 7) is 7.03. The van der Waals surface area contributed by atoms with E-state index in [0.717, 1.165) is 5.56 Å². The summed E-state index contributed by atoms with van der Waals surface area (Å²) in [7, 11) is 0. The lowest BCUT2D eigenvalue weighted by atomic mass is 10.0. The van der Waals surface area contributed by atoms with Crippen LogP contribution in [0.4, 0.5) is 0 Å². The molecule has 1 aromatic rings. The fourth-order valence-corrected chi connectivity index (χ4v) is 3.40. The van der Waals surface area contributed by atoms with Gasteiger partial charge in [-0.2, -0.15) is 0 Å². The zero-order chi connectivity index (χ0) is 26.7. The highest BCUT2D eigenvalue weighted by molar-refractivity contribution is 5.96. The van der Waals surface area contributed by atoms with Crippen molar-refractivity contribution in [2.45, 2.75) is 71.1 Å². The summed E-state index contributed by atoms with van der Waals surface area (Å²) in [5, 5.41) is 16.7. The van der Waals surface area contributed by atoms with Gasteiger partial charge in [0.2, 0.25) is 23.6 Å². The van der Waals surface area contributed by atoms with Crippen LogP contribution >= 0.6 is 0 Å². The van der Waals surface area contributed by atoms with E-state index in [9.17, 15) is 29.1 Å². The molecule has 0 aliphatic carbocycles. The SMILES string of the molecule is CC(C)CC(N)C(=O)NC(Cc1ccccc1)C(=O)NC(CC(N)=O)C(=O)NC(C(=O)O)C(C)C. The fraction of sp³-hybridized carbons (Fsp3) is 0.542.